The molecule has 8 heteroatoms. The summed E-state index contributed by atoms with van der Waals surface area (Å²) in [7, 11) is -3.57. The summed E-state index contributed by atoms with van der Waals surface area (Å²) in [5.41, 5.74) is 1.10. The average Bonchev–Trinajstić information content (AvgIpc) is 2.83. The molecule has 4 rings (SSSR count). The van der Waals surface area contributed by atoms with Gasteiger partial charge in [0.05, 0.1) is 4.90 Å². The predicted octanol–water partition coefficient (Wildman–Crippen LogP) is 2.95. The number of piperidine rings is 1. The molecule has 0 aromatic heterocycles. The maximum atomic E-state index is 13.1. The molecule has 33 heavy (non-hydrogen) atoms. The summed E-state index contributed by atoms with van der Waals surface area (Å²) in [5.74, 6) is 0.484. The molecular weight excluding hydrogens is 438 g/mol. The third kappa shape index (κ3) is 5.12. The highest BCUT2D eigenvalue weighted by atomic mass is 32.2. The van der Waals surface area contributed by atoms with Crippen molar-refractivity contribution < 1.29 is 18.0 Å². The zero-order valence-electron chi connectivity index (χ0n) is 19.2. The highest BCUT2D eigenvalue weighted by Crippen LogP contribution is 2.27. The summed E-state index contributed by atoms with van der Waals surface area (Å²) in [6, 6.07) is 15.4. The van der Waals surface area contributed by atoms with Crippen molar-refractivity contribution in [1.82, 2.24) is 14.1 Å². The van der Waals surface area contributed by atoms with Crippen LogP contribution in [-0.4, -0.2) is 73.6 Å². The Balaban J connectivity index is 1.38. The van der Waals surface area contributed by atoms with Crippen LogP contribution in [0.25, 0.3) is 0 Å². The first kappa shape index (κ1) is 23.4. The number of amides is 2. The summed E-state index contributed by atoms with van der Waals surface area (Å²) < 4.78 is 27.7. The number of nitrogens with zero attached hydrogens (tertiary/aromatic N) is 3. The molecule has 2 aliphatic rings. The van der Waals surface area contributed by atoms with Crippen molar-refractivity contribution in [3.63, 3.8) is 0 Å². The van der Waals surface area contributed by atoms with Crippen LogP contribution in [0.2, 0.25) is 0 Å². The van der Waals surface area contributed by atoms with Crippen LogP contribution in [0.15, 0.2) is 59.5 Å². The summed E-state index contributed by atoms with van der Waals surface area (Å²) in [4.78, 5) is 29.3. The Morgan fingerprint density at radius 1 is 0.727 bits per heavy atom. The lowest BCUT2D eigenvalue weighted by molar-refractivity contribution is 0.0535. The van der Waals surface area contributed by atoms with Crippen LogP contribution in [0.4, 0.5) is 0 Å². The summed E-state index contributed by atoms with van der Waals surface area (Å²) in [6.45, 7) is 7.04. The maximum Gasteiger partial charge on any atom is 0.253 e. The van der Waals surface area contributed by atoms with E-state index in [1.807, 2.05) is 18.2 Å². The second-order valence-corrected chi connectivity index (χ2v) is 11.2. The van der Waals surface area contributed by atoms with E-state index < -0.39 is 10.0 Å². The van der Waals surface area contributed by atoms with Crippen LogP contribution < -0.4 is 0 Å². The van der Waals surface area contributed by atoms with Crippen LogP contribution >= 0.6 is 0 Å². The largest absolute Gasteiger partial charge is 0.335 e. The van der Waals surface area contributed by atoms with Crippen molar-refractivity contribution in [2.75, 3.05) is 39.3 Å². The zero-order valence-corrected chi connectivity index (χ0v) is 20.0. The molecule has 2 saturated heterocycles. The Morgan fingerprint density at radius 3 is 1.67 bits per heavy atom. The molecule has 2 amide bonds. The lowest BCUT2D eigenvalue weighted by Gasteiger charge is -2.35. The van der Waals surface area contributed by atoms with Gasteiger partial charge in [0.2, 0.25) is 10.0 Å². The molecule has 0 N–H and O–H groups in total. The van der Waals surface area contributed by atoms with E-state index in [0.29, 0.717) is 62.2 Å². The van der Waals surface area contributed by atoms with Gasteiger partial charge in [-0.25, -0.2) is 8.42 Å². The van der Waals surface area contributed by atoms with Gasteiger partial charge in [0, 0.05) is 50.4 Å². The molecule has 2 fully saturated rings. The fourth-order valence-corrected chi connectivity index (χ4v) is 6.46. The molecule has 0 spiro atoms. The Labute approximate surface area is 196 Å². The van der Waals surface area contributed by atoms with E-state index in [0.717, 1.165) is 6.42 Å². The van der Waals surface area contributed by atoms with Crippen molar-refractivity contribution in [3.8, 4) is 0 Å². The number of carbonyl (C=O) groups excluding carboxylic acids is 2. The van der Waals surface area contributed by atoms with E-state index >= 15 is 0 Å². The first-order valence-electron chi connectivity index (χ1n) is 11.5. The Kier molecular flexibility index (Phi) is 6.86. The standard InChI is InChI=1S/C25H31N3O4S/c1-19-16-20(2)18-28(17-19)33(31,32)23-10-8-22(9-11-23)25(30)27-14-12-26(13-15-27)24(29)21-6-4-3-5-7-21/h3-11,19-20H,12-18H2,1-2H3/t19-,20-/m1/s1. The van der Waals surface area contributed by atoms with E-state index in [2.05, 4.69) is 13.8 Å². The van der Waals surface area contributed by atoms with Gasteiger partial charge in [-0.1, -0.05) is 32.0 Å². The first-order chi connectivity index (χ1) is 15.8. The van der Waals surface area contributed by atoms with Crippen molar-refractivity contribution in [1.29, 1.82) is 0 Å². The molecular formula is C25H31N3O4S. The minimum absolute atomic E-state index is 0.0291. The normalized spacial score (nSPS) is 22.2. The second kappa shape index (κ2) is 9.65. The SMILES string of the molecule is C[C@@H]1C[C@@H](C)CN(S(=O)(=O)c2ccc(C(=O)N3CCN(C(=O)c4ccccc4)CC3)cc2)C1. The summed E-state index contributed by atoms with van der Waals surface area (Å²) in [6.07, 6.45) is 1.03. The molecule has 2 heterocycles. The van der Waals surface area contributed by atoms with Crippen LogP contribution in [0.5, 0.6) is 0 Å². The summed E-state index contributed by atoms with van der Waals surface area (Å²) in [5, 5.41) is 0. The van der Waals surface area contributed by atoms with Gasteiger partial charge in [0.15, 0.2) is 0 Å². The Bertz CT molecular complexity index is 1080. The van der Waals surface area contributed by atoms with Crippen LogP contribution in [-0.2, 0) is 10.0 Å². The fourth-order valence-electron chi connectivity index (χ4n) is 4.78. The monoisotopic (exact) mass is 469 g/mol. The third-order valence-corrected chi connectivity index (χ3v) is 8.30. The summed E-state index contributed by atoms with van der Waals surface area (Å²) >= 11 is 0. The quantitative estimate of drug-likeness (QED) is 0.690. The average molecular weight is 470 g/mol. The molecule has 2 aromatic rings. The predicted molar refractivity (Wildman–Crippen MR) is 126 cm³/mol. The molecule has 0 aliphatic carbocycles. The maximum absolute atomic E-state index is 13.1. The minimum Gasteiger partial charge on any atom is -0.335 e. The number of benzene rings is 2. The van der Waals surface area contributed by atoms with E-state index in [1.165, 1.54) is 12.1 Å². The van der Waals surface area contributed by atoms with Gasteiger partial charge < -0.3 is 9.80 Å². The second-order valence-electron chi connectivity index (χ2n) is 9.24. The number of hydrogen-bond donors (Lipinski definition) is 0. The van der Waals surface area contributed by atoms with Crippen molar-refractivity contribution in [2.24, 2.45) is 11.8 Å². The van der Waals surface area contributed by atoms with E-state index in [-0.39, 0.29) is 16.7 Å². The molecule has 2 aromatic carbocycles. The lowest BCUT2D eigenvalue weighted by atomic mass is 9.94. The Hall–Kier alpha value is -2.71. The van der Waals surface area contributed by atoms with Crippen molar-refractivity contribution in [3.05, 3.63) is 65.7 Å². The van der Waals surface area contributed by atoms with Gasteiger partial charge in [0.25, 0.3) is 11.8 Å². The molecule has 2 atom stereocenters. The Morgan fingerprint density at radius 2 is 1.18 bits per heavy atom. The highest BCUT2D eigenvalue weighted by Gasteiger charge is 2.32. The van der Waals surface area contributed by atoms with E-state index in [4.69, 9.17) is 0 Å². The zero-order chi connectivity index (χ0) is 23.6. The van der Waals surface area contributed by atoms with Gasteiger partial charge in [-0.15, -0.1) is 0 Å². The van der Waals surface area contributed by atoms with Crippen LogP contribution in [0.1, 0.15) is 41.0 Å². The molecule has 0 saturated carbocycles. The van der Waals surface area contributed by atoms with Gasteiger partial charge in [-0.3, -0.25) is 9.59 Å². The lowest BCUT2D eigenvalue weighted by Crippen LogP contribution is -2.50. The van der Waals surface area contributed by atoms with Gasteiger partial charge >= 0.3 is 0 Å². The van der Waals surface area contributed by atoms with Gasteiger partial charge in [-0.05, 0) is 54.7 Å². The molecule has 2 aliphatic heterocycles. The number of piperazine rings is 1. The van der Waals surface area contributed by atoms with Crippen molar-refractivity contribution >= 4 is 21.8 Å². The molecule has 0 unspecified atom stereocenters. The van der Waals surface area contributed by atoms with Crippen molar-refractivity contribution in [2.45, 2.75) is 25.2 Å². The topological polar surface area (TPSA) is 78.0 Å². The van der Waals surface area contributed by atoms with Crippen LogP contribution in [0.3, 0.4) is 0 Å². The highest BCUT2D eigenvalue weighted by molar-refractivity contribution is 7.89. The number of sulfonamides is 1. The molecule has 0 bridgehead atoms. The number of rotatable bonds is 4. The third-order valence-electron chi connectivity index (χ3n) is 6.45. The number of carbonyl (C=O) groups is 2. The minimum atomic E-state index is -3.57. The van der Waals surface area contributed by atoms with Crippen LogP contribution in [0, 0.1) is 11.8 Å². The van der Waals surface area contributed by atoms with Gasteiger partial charge in [0.1, 0.15) is 0 Å². The van der Waals surface area contributed by atoms with Gasteiger partial charge in [-0.2, -0.15) is 4.31 Å². The molecule has 0 radical (unpaired) electrons. The smallest absolute Gasteiger partial charge is 0.253 e. The fraction of sp³-hybridized carbons (Fsp3) is 0.440. The molecule has 7 nitrogen and oxygen atoms in total. The van der Waals surface area contributed by atoms with E-state index in [9.17, 15) is 18.0 Å². The first-order valence-corrected chi connectivity index (χ1v) is 12.9. The van der Waals surface area contributed by atoms with E-state index in [1.54, 1.807) is 38.4 Å². The number of hydrogen-bond acceptors (Lipinski definition) is 4. The molecule has 176 valence electrons.